The Morgan fingerprint density at radius 2 is 1.27 bits per heavy atom. The summed E-state index contributed by atoms with van der Waals surface area (Å²) in [5.41, 5.74) is 3.87. The summed E-state index contributed by atoms with van der Waals surface area (Å²) in [6, 6.07) is 0. The Bertz CT molecular complexity index is 1120. The number of esters is 1. The zero-order valence-corrected chi connectivity index (χ0v) is 33.7. The van der Waals surface area contributed by atoms with Crippen LogP contribution in [0.15, 0.2) is 11.6 Å². The number of unbranched alkanes of at least 4 members (excludes halogenated alkanes) is 12. The van der Waals surface area contributed by atoms with E-state index in [0.717, 1.165) is 24.7 Å². The predicted octanol–water partition coefficient (Wildman–Crippen LogP) is 14.2. The van der Waals surface area contributed by atoms with Crippen LogP contribution in [0.3, 0.4) is 0 Å². The van der Waals surface area contributed by atoms with Gasteiger partial charge in [-0.25, -0.2) is 0 Å². The number of ether oxygens (including phenoxy) is 1. The first-order valence-corrected chi connectivity index (χ1v) is 21.5. The Labute approximate surface area is 299 Å². The van der Waals surface area contributed by atoms with Crippen molar-refractivity contribution in [1.29, 1.82) is 0 Å². The van der Waals surface area contributed by atoms with Crippen LogP contribution in [0.5, 0.6) is 0 Å². The van der Waals surface area contributed by atoms with Crippen LogP contribution in [0.4, 0.5) is 0 Å². The molecule has 4 fully saturated rings. The van der Waals surface area contributed by atoms with Crippen LogP contribution < -0.4 is 0 Å². The van der Waals surface area contributed by atoms with Crippen LogP contribution in [0, 0.1) is 50.2 Å². The maximum absolute atomic E-state index is 13.2. The number of carbonyl (C=O) groups excluding carboxylic acids is 1. The summed E-state index contributed by atoms with van der Waals surface area (Å²) in [5, 5.41) is 0. The van der Waals surface area contributed by atoms with Crippen molar-refractivity contribution in [3.05, 3.63) is 11.6 Å². The summed E-state index contributed by atoms with van der Waals surface area (Å²) in [6.45, 7) is 23.0. The lowest BCUT2D eigenvalue weighted by atomic mass is 9.33. The molecule has 0 radical (unpaired) electrons. The number of fused-ring (bicyclic) bond motifs is 7. The van der Waals surface area contributed by atoms with Crippen molar-refractivity contribution < 1.29 is 9.53 Å². The largest absolute Gasteiger partial charge is 0.462 e. The lowest BCUT2D eigenvalue weighted by Crippen LogP contribution is -2.64. The molecule has 4 saturated carbocycles. The van der Waals surface area contributed by atoms with Gasteiger partial charge in [-0.15, -0.1) is 0 Å². The Kier molecular flexibility index (Phi) is 12.1. The Morgan fingerprint density at radius 3 is 1.90 bits per heavy atom. The van der Waals surface area contributed by atoms with Gasteiger partial charge >= 0.3 is 5.97 Å². The first-order chi connectivity index (χ1) is 22.6. The number of carbonyl (C=O) groups is 1. The molecule has 0 unspecified atom stereocenters. The highest BCUT2D eigenvalue weighted by molar-refractivity contribution is 5.69. The van der Waals surface area contributed by atoms with Crippen LogP contribution in [0.25, 0.3) is 0 Å². The highest BCUT2D eigenvalue weighted by Gasteiger charge is 2.68. The average Bonchev–Trinajstić information content (AvgIpc) is 3.02. The fraction of sp³-hybridized carbons (Fsp3) is 0.935. The van der Waals surface area contributed by atoms with Gasteiger partial charge in [0, 0.05) is 11.8 Å². The first kappa shape index (κ1) is 38.4. The molecule has 0 aromatic heterocycles. The predicted molar refractivity (Wildman–Crippen MR) is 205 cm³/mol. The standard InChI is InChI=1S/C46H80O2/c1-10-11-12-13-14-15-16-17-18-19-20-21-22-23-40(47)48-39-27-28-44(7)37(42(39,4)5)26-29-46(9)38(44)25-24-35-36-34-41(2,3)30-31-43(36,6)32-33-45(35,46)8/h24,36-39H,10-23,25-34H2,1-9H3/t36-,37-,38-,39-,43+,44-,45+,46+/m0/s1. The molecule has 5 rings (SSSR count). The molecule has 5 aliphatic rings. The molecule has 276 valence electrons. The van der Waals surface area contributed by atoms with Gasteiger partial charge in [-0.2, -0.15) is 0 Å². The van der Waals surface area contributed by atoms with E-state index in [0.29, 0.717) is 39.4 Å². The monoisotopic (exact) mass is 665 g/mol. The zero-order chi connectivity index (χ0) is 34.8. The summed E-state index contributed by atoms with van der Waals surface area (Å²) < 4.78 is 6.41. The molecule has 8 atom stereocenters. The lowest BCUT2D eigenvalue weighted by molar-refractivity contribution is -0.212. The molecule has 0 bridgehead atoms. The molecule has 0 N–H and O–H groups in total. The van der Waals surface area contributed by atoms with Crippen molar-refractivity contribution in [3.63, 3.8) is 0 Å². The van der Waals surface area contributed by atoms with Gasteiger partial charge in [-0.3, -0.25) is 4.79 Å². The molecule has 48 heavy (non-hydrogen) atoms. The van der Waals surface area contributed by atoms with Crippen LogP contribution >= 0.6 is 0 Å². The first-order valence-electron chi connectivity index (χ1n) is 21.5. The second-order valence-electron chi connectivity index (χ2n) is 20.7. The SMILES string of the molecule is CCCCCCCCCCCCCCCC(=O)O[C@H]1CC[C@@]2(C)[C@@H](CC[C@]3(C)[C@H]2CC=C2[C@@H]4CC(C)(C)CC[C@]4(C)CC[C@]23C)C1(C)C. The Balaban J connectivity index is 1.12. The molecule has 0 aliphatic heterocycles. The molecule has 2 heteroatoms. The number of allylic oxidation sites excluding steroid dienone is 2. The van der Waals surface area contributed by atoms with E-state index >= 15 is 0 Å². The Hall–Kier alpha value is -0.790. The summed E-state index contributed by atoms with van der Waals surface area (Å²) in [4.78, 5) is 13.2. The van der Waals surface area contributed by atoms with Crippen LogP contribution in [-0.4, -0.2) is 12.1 Å². The Morgan fingerprint density at radius 1 is 0.688 bits per heavy atom. The van der Waals surface area contributed by atoms with E-state index in [1.807, 2.05) is 5.57 Å². The fourth-order valence-corrected chi connectivity index (χ4v) is 13.2. The topological polar surface area (TPSA) is 26.3 Å². The summed E-state index contributed by atoms with van der Waals surface area (Å²) in [7, 11) is 0. The van der Waals surface area contributed by atoms with E-state index in [2.05, 4.69) is 68.4 Å². The van der Waals surface area contributed by atoms with Crippen LogP contribution in [-0.2, 0) is 9.53 Å². The van der Waals surface area contributed by atoms with Gasteiger partial charge in [0.05, 0.1) is 0 Å². The van der Waals surface area contributed by atoms with Gasteiger partial charge in [0.25, 0.3) is 0 Å². The molecule has 0 aromatic carbocycles. The van der Waals surface area contributed by atoms with Crippen LogP contribution in [0.1, 0.15) is 216 Å². The van der Waals surface area contributed by atoms with Crippen LogP contribution in [0.2, 0.25) is 0 Å². The summed E-state index contributed by atoms with van der Waals surface area (Å²) >= 11 is 0. The zero-order valence-electron chi connectivity index (χ0n) is 33.7. The average molecular weight is 665 g/mol. The molecule has 0 heterocycles. The highest BCUT2D eigenvalue weighted by atomic mass is 16.5. The minimum atomic E-state index is 0.0312. The molecule has 0 amide bonds. The summed E-state index contributed by atoms with van der Waals surface area (Å²) in [6.07, 6.45) is 34.0. The third-order valence-electron chi connectivity index (χ3n) is 16.8. The van der Waals surface area contributed by atoms with E-state index < -0.39 is 0 Å². The van der Waals surface area contributed by atoms with Gasteiger partial charge < -0.3 is 4.74 Å². The minimum Gasteiger partial charge on any atom is -0.462 e. The lowest BCUT2D eigenvalue weighted by Gasteiger charge is -2.71. The molecule has 0 aromatic rings. The van der Waals surface area contributed by atoms with Crippen molar-refractivity contribution in [2.24, 2.45) is 50.2 Å². The summed E-state index contributed by atoms with van der Waals surface area (Å²) in [5.74, 6) is 2.18. The molecule has 5 aliphatic carbocycles. The number of hydrogen-bond acceptors (Lipinski definition) is 2. The quantitative estimate of drug-likeness (QED) is 0.0989. The van der Waals surface area contributed by atoms with Gasteiger partial charge in [0.1, 0.15) is 6.10 Å². The third-order valence-corrected chi connectivity index (χ3v) is 16.8. The van der Waals surface area contributed by atoms with Gasteiger partial charge in [-0.1, -0.05) is 151 Å². The second-order valence-corrected chi connectivity index (χ2v) is 20.7. The smallest absolute Gasteiger partial charge is 0.306 e. The van der Waals surface area contributed by atoms with Gasteiger partial charge in [-0.05, 0) is 115 Å². The number of hydrogen-bond donors (Lipinski definition) is 0. The highest BCUT2D eigenvalue weighted by Crippen LogP contribution is 2.75. The van der Waals surface area contributed by atoms with E-state index in [4.69, 9.17) is 4.74 Å². The molecular weight excluding hydrogens is 585 g/mol. The molecule has 0 saturated heterocycles. The molecule has 0 spiro atoms. The maximum atomic E-state index is 13.2. The van der Waals surface area contributed by atoms with Gasteiger partial charge in [0.15, 0.2) is 0 Å². The van der Waals surface area contributed by atoms with E-state index in [1.54, 1.807) is 0 Å². The van der Waals surface area contributed by atoms with E-state index in [9.17, 15) is 4.79 Å². The van der Waals surface area contributed by atoms with E-state index in [-0.39, 0.29) is 17.5 Å². The van der Waals surface area contributed by atoms with Crippen molar-refractivity contribution in [3.8, 4) is 0 Å². The van der Waals surface area contributed by atoms with Crippen molar-refractivity contribution >= 4 is 5.97 Å². The van der Waals surface area contributed by atoms with E-state index in [1.165, 1.54) is 135 Å². The van der Waals surface area contributed by atoms with Crippen molar-refractivity contribution in [1.82, 2.24) is 0 Å². The van der Waals surface area contributed by atoms with Crippen molar-refractivity contribution in [2.45, 2.75) is 223 Å². The normalized spacial score (nSPS) is 39.7. The third kappa shape index (κ3) is 7.41. The van der Waals surface area contributed by atoms with Gasteiger partial charge in [0.2, 0.25) is 0 Å². The number of rotatable bonds is 15. The fourth-order valence-electron chi connectivity index (χ4n) is 13.2. The minimum absolute atomic E-state index is 0.0312. The molecule has 2 nitrogen and oxygen atoms in total. The second kappa shape index (κ2) is 15.1. The van der Waals surface area contributed by atoms with Crippen molar-refractivity contribution in [2.75, 3.05) is 0 Å². The maximum Gasteiger partial charge on any atom is 0.306 e. The molecular formula is C46H80O2.